The van der Waals surface area contributed by atoms with E-state index in [-0.39, 0.29) is 36.1 Å². The largest absolute Gasteiger partial charge is 1.00 e. The molecule has 0 radical (unpaired) electrons. The minimum absolute atomic E-state index is 0. The Morgan fingerprint density at radius 3 is 2.11 bits per heavy atom. The third kappa shape index (κ3) is 12.1. The minimum atomic E-state index is -4.19. The molecule has 9 heavy (non-hydrogen) atoms. The van der Waals surface area contributed by atoms with Crippen molar-refractivity contribution in [2.45, 2.75) is 13.3 Å². The second kappa shape index (κ2) is 5.64. The minimum Gasteiger partial charge on any atom is -0.735 e. The van der Waals surface area contributed by atoms with Crippen LogP contribution in [0, 0.1) is 0 Å². The maximum Gasteiger partial charge on any atom is 1.00 e. The molecular formula is C3H8NNaO3S. The number of rotatable bonds is 3. The van der Waals surface area contributed by atoms with Crippen LogP contribution in [0.1, 0.15) is 13.3 Å². The Morgan fingerprint density at radius 2 is 2.00 bits per heavy atom. The van der Waals surface area contributed by atoms with Gasteiger partial charge in [0.25, 0.3) is 0 Å². The van der Waals surface area contributed by atoms with Crippen molar-refractivity contribution in [3.8, 4) is 0 Å². The average Bonchev–Trinajstić information content (AvgIpc) is 1.59. The first kappa shape index (κ1) is 12.5. The van der Waals surface area contributed by atoms with Crippen molar-refractivity contribution >= 4 is 10.3 Å². The summed E-state index contributed by atoms with van der Waals surface area (Å²) in [4.78, 5) is 0. The summed E-state index contributed by atoms with van der Waals surface area (Å²) < 4.78 is 31.0. The van der Waals surface area contributed by atoms with Crippen molar-refractivity contribution in [1.82, 2.24) is 4.72 Å². The normalized spacial score (nSPS) is 10.4. The third-order valence-corrected chi connectivity index (χ3v) is 1.09. The monoisotopic (exact) mass is 161 g/mol. The Morgan fingerprint density at radius 1 is 1.56 bits per heavy atom. The smallest absolute Gasteiger partial charge is 0.735 e. The van der Waals surface area contributed by atoms with Crippen LogP contribution in [0.3, 0.4) is 0 Å². The van der Waals surface area contributed by atoms with Gasteiger partial charge in [-0.3, -0.25) is 0 Å². The standard InChI is InChI=1S/C3H9NO3S.Na/c1-2-3-4-8(5,6)7;/h4H,2-3H2,1H3,(H,5,6,7);/q;+1/p-1. The van der Waals surface area contributed by atoms with E-state index in [1.807, 2.05) is 0 Å². The fourth-order valence-corrected chi connectivity index (χ4v) is 0.681. The third-order valence-electron chi connectivity index (χ3n) is 0.529. The van der Waals surface area contributed by atoms with Gasteiger partial charge in [0, 0.05) is 6.54 Å². The molecule has 0 aliphatic heterocycles. The van der Waals surface area contributed by atoms with Gasteiger partial charge in [0.1, 0.15) is 0 Å². The molecule has 0 aliphatic carbocycles. The summed E-state index contributed by atoms with van der Waals surface area (Å²) in [5.41, 5.74) is 0. The van der Waals surface area contributed by atoms with Gasteiger partial charge in [-0.15, -0.1) is 0 Å². The quantitative estimate of drug-likeness (QED) is 0.344. The van der Waals surface area contributed by atoms with Crippen LogP contribution in [0.25, 0.3) is 0 Å². The predicted molar refractivity (Wildman–Crippen MR) is 28.0 cm³/mol. The molecule has 0 spiro atoms. The SMILES string of the molecule is CCCNS(=O)(=O)[O-].[Na+]. The van der Waals surface area contributed by atoms with Gasteiger partial charge in [0.05, 0.1) is 0 Å². The van der Waals surface area contributed by atoms with Gasteiger partial charge in [-0.1, -0.05) is 6.92 Å². The maximum atomic E-state index is 9.72. The summed E-state index contributed by atoms with van der Waals surface area (Å²) in [5, 5.41) is 0. The molecule has 0 rings (SSSR count). The van der Waals surface area contributed by atoms with Crippen molar-refractivity contribution in [2.75, 3.05) is 6.54 Å². The van der Waals surface area contributed by atoms with Crippen LogP contribution < -0.4 is 34.3 Å². The van der Waals surface area contributed by atoms with Crippen molar-refractivity contribution in [2.24, 2.45) is 0 Å². The number of hydrogen-bond acceptors (Lipinski definition) is 3. The molecule has 0 aromatic carbocycles. The molecule has 0 amide bonds. The zero-order chi connectivity index (χ0) is 6.62. The van der Waals surface area contributed by atoms with E-state index in [1.54, 1.807) is 11.6 Å². The van der Waals surface area contributed by atoms with E-state index >= 15 is 0 Å². The van der Waals surface area contributed by atoms with E-state index in [0.29, 0.717) is 6.42 Å². The van der Waals surface area contributed by atoms with E-state index in [0.717, 1.165) is 0 Å². The van der Waals surface area contributed by atoms with Gasteiger partial charge in [-0.05, 0) is 6.42 Å². The van der Waals surface area contributed by atoms with Crippen LogP contribution in [-0.4, -0.2) is 19.5 Å². The molecule has 0 saturated carbocycles. The van der Waals surface area contributed by atoms with Crippen LogP contribution in [-0.2, 0) is 10.3 Å². The summed E-state index contributed by atoms with van der Waals surface area (Å²) >= 11 is 0. The van der Waals surface area contributed by atoms with E-state index in [4.69, 9.17) is 0 Å². The van der Waals surface area contributed by atoms with Crippen molar-refractivity contribution in [3.63, 3.8) is 0 Å². The van der Waals surface area contributed by atoms with E-state index < -0.39 is 10.3 Å². The molecular weight excluding hydrogens is 153 g/mol. The van der Waals surface area contributed by atoms with E-state index in [2.05, 4.69) is 0 Å². The molecule has 0 aliphatic rings. The van der Waals surface area contributed by atoms with Gasteiger partial charge in [-0.2, -0.15) is 0 Å². The Kier molecular flexibility index (Phi) is 7.86. The van der Waals surface area contributed by atoms with E-state index in [9.17, 15) is 13.0 Å². The molecule has 0 heterocycles. The fraction of sp³-hybridized carbons (Fsp3) is 1.00. The van der Waals surface area contributed by atoms with Gasteiger partial charge < -0.3 is 4.55 Å². The first-order valence-corrected chi connectivity index (χ1v) is 3.67. The Balaban J connectivity index is 0. The van der Waals surface area contributed by atoms with E-state index in [1.165, 1.54) is 0 Å². The topological polar surface area (TPSA) is 69.2 Å². The second-order valence-electron chi connectivity index (χ2n) is 1.35. The van der Waals surface area contributed by atoms with Gasteiger partial charge in [0.2, 0.25) is 0 Å². The Labute approximate surface area is 77.2 Å². The molecule has 0 bridgehead atoms. The first-order chi connectivity index (χ1) is 3.56. The number of nitrogens with one attached hydrogen (secondary N) is 1. The zero-order valence-corrected chi connectivity index (χ0v) is 8.36. The van der Waals surface area contributed by atoms with Gasteiger partial charge >= 0.3 is 29.6 Å². The molecule has 0 aromatic rings. The van der Waals surface area contributed by atoms with Crippen molar-refractivity contribution < 1.29 is 42.5 Å². The molecule has 1 N–H and O–H groups in total. The van der Waals surface area contributed by atoms with Crippen LogP contribution >= 0.6 is 0 Å². The Bertz CT molecular complexity index is 143. The predicted octanol–water partition coefficient (Wildman–Crippen LogP) is -3.55. The summed E-state index contributed by atoms with van der Waals surface area (Å²) in [6.07, 6.45) is 0.640. The summed E-state index contributed by atoms with van der Waals surface area (Å²) in [6, 6.07) is 0. The van der Waals surface area contributed by atoms with Crippen molar-refractivity contribution in [1.29, 1.82) is 0 Å². The summed E-state index contributed by atoms with van der Waals surface area (Å²) in [5.74, 6) is 0. The molecule has 0 saturated heterocycles. The summed E-state index contributed by atoms with van der Waals surface area (Å²) in [6.45, 7) is 2.00. The van der Waals surface area contributed by atoms with Crippen molar-refractivity contribution in [3.05, 3.63) is 0 Å². The molecule has 0 unspecified atom stereocenters. The zero-order valence-electron chi connectivity index (χ0n) is 5.55. The van der Waals surface area contributed by atoms with Crippen LogP contribution in [0.5, 0.6) is 0 Å². The maximum absolute atomic E-state index is 9.72. The average molecular weight is 161 g/mol. The second-order valence-corrected chi connectivity index (χ2v) is 2.55. The fourth-order valence-electron chi connectivity index (χ4n) is 0.227. The van der Waals surface area contributed by atoms with Gasteiger partial charge in [0.15, 0.2) is 10.3 Å². The molecule has 0 aromatic heterocycles. The molecule has 0 fully saturated rings. The number of hydrogen-bond donors (Lipinski definition) is 1. The molecule has 4 nitrogen and oxygen atoms in total. The summed E-state index contributed by atoms with van der Waals surface area (Å²) in [7, 11) is -4.19. The van der Waals surface area contributed by atoms with Crippen LogP contribution in [0.4, 0.5) is 0 Å². The van der Waals surface area contributed by atoms with Crippen LogP contribution in [0.15, 0.2) is 0 Å². The molecule has 6 heteroatoms. The Hall–Kier alpha value is 0.870. The van der Waals surface area contributed by atoms with Gasteiger partial charge in [-0.25, -0.2) is 13.1 Å². The molecule has 0 atom stereocenters. The molecule has 50 valence electrons. The first-order valence-electron chi connectivity index (χ1n) is 2.26. The van der Waals surface area contributed by atoms with Crippen LogP contribution in [0.2, 0.25) is 0 Å².